The zero-order valence-electron chi connectivity index (χ0n) is 14.9. The van der Waals surface area contributed by atoms with Crippen LogP contribution in [0.25, 0.3) is 6.08 Å². The maximum atomic E-state index is 11.8. The van der Waals surface area contributed by atoms with Crippen LogP contribution in [0.3, 0.4) is 0 Å². The van der Waals surface area contributed by atoms with Gasteiger partial charge in [0.05, 0.1) is 26.5 Å². The number of carbonyl (C=O) groups excluding carboxylic acids is 2. The zero-order valence-corrected chi connectivity index (χ0v) is 14.9. The number of furan rings is 1. The number of hydrogen-bond acceptors (Lipinski definition) is 6. The normalized spacial score (nSPS) is 11.8. The highest BCUT2D eigenvalue weighted by molar-refractivity contribution is 5.89. The lowest BCUT2D eigenvalue weighted by atomic mass is 10.2. The highest BCUT2D eigenvalue weighted by Crippen LogP contribution is 2.23. The lowest BCUT2D eigenvalue weighted by Crippen LogP contribution is -2.30. The van der Waals surface area contributed by atoms with Crippen molar-refractivity contribution < 1.29 is 28.2 Å². The van der Waals surface area contributed by atoms with E-state index in [1.165, 1.54) is 12.3 Å². The van der Waals surface area contributed by atoms with Crippen LogP contribution in [0.15, 0.2) is 47.1 Å². The average Bonchev–Trinajstić information content (AvgIpc) is 3.19. The van der Waals surface area contributed by atoms with E-state index in [9.17, 15) is 9.59 Å². The van der Waals surface area contributed by atoms with E-state index in [1.54, 1.807) is 57.6 Å². The summed E-state index contributed by atoms with van der Waals surface area (Å²) in [6, 6.07) is 8.38. The molecule has 7 nitrogen and oxygen atoms in total. The second-order valence-electron chi connectivity index (χ2n) is 5.39. The summed E-state index contributed by atoms with van der Waals surface area (Å²) >= 11 is 0. The number of ether oxygens (including phenoxy) is 3. The van der Waals surface area contributed by atoms with Gasteiger partial charge in [-0.25, -0.2) is 4.79 Å². The van der Waals surface area contributed by atoms with Crippen LogP contribution in [-0.2, 0) is 14.3 Å². The molecule has 0 saturated carbocycles. The number of hydrogen-bond donors (Lipinski definition) is 1. The SMILES string of the molecule is COc1cc(/C=C/C(=O)OCC(=O)N[C@H](C)c2ccco2)cc(OC)c1. The second kappa shape index (κ2) is 9.31. The molecule has 0 aliphatic heterocycles. The number of esters is 1. The van der Waals surface area contributed by atoms with E-state index in [-0.39, 0.29) is 12.6 Å². The van der Waals surface area contributed by atoms with Gasteiger partial charge in [0.15, 0.2) is 6.61 Å². The van der Waals surface area contributed by atoms with E-state index in [0.717, 1.165) is 0 Å². The van der Waals surface area contributed by atoms with Gasteiger partial charge in [0.25, 0.3) is 5.91 Å². The molecule has 26 heavy (non-hydrogen) atoms. The molecular formula is C19H21NO6. The van der Waals surface area contributed by atoms with Crippen LogP contribution in [0.4, 0.5) is 0 Å². The summed E-state index contributed by atoms with van der Waals surface area (Å²) in [4.78, 5) is 23.6. The summed E-state index contributed by atoms with van der Waals surface area (Å²) < 4.78 is 20.4. The Morgan fingerprint density at radius 2 is 1.88 bits per heavy atom. The Labute approximate surface area is 151 Å². The molecule has 0 unspecified atom stereocenters. The Bertz CT molecular complexity index is 744. The molecule has 7 heteroatoms. The van der Waals surface area contributed by atoms with Crippen molar-refractivity contribution in [3.8, 4) is 11.5 Å². The minimum absolute atomic E-state index is 0.309. The molecule has 1 aromatic heterocycles. The Hall–Kier alpha value is -3.22. The molecule has 2 aromatic rings. The molecule has 0 aliphatic rings. The first-order valence-corrected chi connectivity index (χ1v) is 7.92. The highest BCUT2D eigenvalue weighted by Gasteiger charge is 2.12. The van der Waals surface area contributed by atoms with Crippen molar-refractivity contribution >= 4 is 18.0 Å². The summed E-state index contributed by atoms with van der Waals surface area (Å²) in [6.45, 7) is 1.39. The summed E-state index contributed by atoms with van der Waals surface area (Å²) in [5, 5.41) is 2.67. The lowest BCUT2D eigenvalue weighted by molar-refractivity contribution is -0.144. The van der Waals surface area contributed by atoms with Gasteiger partial charge >= 0.3 is 5.97 Å². The van der Waals surface area contributed by atoms with Gasteiger partial charge in [-0.15, -0.1) is 0 Å². The fraction of sp³-hybridized carbons (Fsp3) is 0.263. The third kappa shape index (κ3) is 5.70. The van der Waals surface area contributed by atoms with Gasteiger partial charge in [-0.2, -0.15) is 0 Å². The molecule has 138 valence electrons. The number of benzene rings is 1. The molecule has 0 spiro atoms. The first-order chi connectivity index (χ1) is 12.5. The molecule has 1 amide bonds. The number of rotatable bonds is 8. The first-order valence-electron chi connectivity index (χ1n) is 7.92. The lowest BCUT2D eigenvalue weighted by Gasteiger charge is -2.11. The predicted octanol–water partition coefficient (Wildman–Crippen LogP) is 2.73. The third-order valence-corrected chi connectivity index (χ3v) is 3.48. The van der Waals surface area contributed by atoms with Crippen molar-refractivity contribution in [1.82, 2.24) is 5.32 Å². The van der Waals surface area contributed by atoms with Crippen LogP contribution in [0.1, 0.15) is 24.3 Å². The van der Waals surface area contributed by atoms with Crippen LogP contribution in [0, 0.1) is 0 Å². The molecule has 1 heterocycles. The van der Waals surface area contributed by atoms with E-state index >= 15 is 0 Å². The molecule has 0 aliphatic carbocycles. The van der Waals surface area contributed by atoms with E-state index in [2.05, 4.69) is 5.32 Å². The van der Waals surface area contributed by atoms with Crippen molar-refractivity contribution in [2.45, 2.75) is 13.0 Å². The van der Waals surface area contributed by atoms with E-state index in [0.29, 0.717) is 22.8 Å². The number of methoxy groups -OCH3 is 2. The Morgan fingerprint density at radius 3 is 2.46 bits per heavy atom. The molecule has 1 aromatic carbocycles. The molecular weight excluding hydrogens is 338 g/mol. The minimum Gasteiger partial charge on any atom is -0.497 e. The van der Waals surface area contributed by atoms with Crippen molar-refractivity contribution in [2.75, 3.05) is 20.8 Å². The fourth-order valence-electron chi connectivity index (χ4n) is 2.17. The zero-order chi connectivity index (χ0) is 18.9. The van der Waals surface area contributed by atoms with Crippen LogP contribution in [-0.4, -0.2) is 32.7 Å². The quantitative estimate of drug-likeness (QED) is 0.576. The van der Waals surface area contributed by atoms with Crippen molar-refractivity contribution in [3.63, 3.8) is 0 Å². The Morgan fingerprint density at radius 1 is 1.19 bits per heavy atom. The molecule has 0 fully saturated rings. The fourth-order valence-corrected chi connectivity index (χ4v) is 2.17. The molecule has 2 rings (SSSR count). The van der Waals surface area contributed by atoms with E-state index in [4.69, 9.17) is 18.6 Å². The van der Waals surface area contributed by atoms with Gasteiger partial charge in [-0.1, -0.05) is 0 Å². The number of nitrogens with one attached hydrogen (secondary N) is 1. The van der Waals surface area contributed by atoms with Crippen LogP contribution in [0.2, 0.25) is 0 Å². The third-order valence-electron chi connectivity index (χ3n) is 3.48. The monoisotopic (exact) mass is 359 g/mol. The van der Waals surface area contributed by atoms with Crippen LogP contribution in [0.5, 0.6) is 11.5 Å². The average molecular weight is 359 g/mol. The van der Waals surface area contributed by atoms with E-state index < -0.39 is 11.9 Å². The van der Waals surface area contributed by atoms with Gasteiger partial charge < -0.3 is 23.9 Å². The molecule has 0 bridgehead atoms. The van der Waals surface area contributed by atoms with Crippen LogP contribution >= 0.6 is 0 Å². The summed E-state index contributed by atoms with van der Waals surface area (Å²) in [5.41, 5.74) is 0.703. The second-order valence-corrected chi connectivity index (χ2v) is 5.39. The minimum atomic E-state index is -0.632. The predicted molar refractivity (Wildman–Crippen MR) is 94.8 cm³/mol. The topological polar surface area (TPSA) is 87.0 Å². The summed E-state index contributed by atoms with van der Waals surface area (Å²) in [7, 11) is 3.08. The maximum absolute atomic E-state index is 11.8. The van der Waals surface area contributed by atoms with Crippen molar-refractivity contribution in [3.05, 3.63) is 54.0 Å². The number of amides is 1. The summed E-state index contributed by atoms with van der Waals surface area (Å²) in [6.07, 6.45) is 4.31. The summed E-state index contributed by atoms with van der Waals surface area (Å²) in [5.74, 6) is 0.773. The highest BCUT2D eigenvalue weighted by atomic mass is 16.5. The first kappa shape index (κ1) is 19.1. The van der Waals surface area contributed by atoms with Gasteiger partial charge in [0.1, 0.15) is 17.3 Å². The van der Waals surface area contributed by atoms with Crippen molar-refractivity contribution in [2.24, 2.45) is 0 Å². The Balaban J connectivity index is 1.84. The number of carbonyl (C=O) groups is 2. The largest absolute Gasteiger partial charge is 0.497 e. The van der Waals surface area contributed by atoms with Crippen LogP contribution < -0.4 is 14.8 Å². The molecule has 0 saturated heterocycles. The smallest absolute Gasteiger partial charge is 0.331 e. The maximum Gasteiger partial charge on any atom is 0.331 e. The molecule has 1 atom stereocenters. The van der Waals surface area contributed by atoms with Gasteiger partial charge in [-0.05, 0) is 42.8 Å². The standard InChI is InChI=1S/C19H21NO6/c1-13(17-5-4-8-25-17)20-18(21)12-26-19(22)7-6-14-9-15(23-2)11-16(10-14)24-3/h4-11,13H,12H2,1-3H3,(H,20,21)/b7-6+/t13-/m1/s1. The molecule has 0 radical (unpaired) electrons. The van der Waals surface area contributed by atoms with E-state index in [1.807, 2.05) is 0 Å². The van der Waals surface area contributed by atoms with Gasteiger partial charge in [0, 0.05) is 12.1 Å². The Kier molecular flexibility index (Phi) is 6.84. The molecule has 1 N–H and O–H groups in total. The van der Waals surface area contributed by atoms with Crippen molar-refractivity contribution in [1.29, 1.82) is 0 Å². The van der Waals surface area contributed by atoms with Gasteiger partial charge in [0.2, 0.25) is 0 Å². The van der Waals surface area contributed by atoms with Gasteiger partial charge in [-0.3, -0.25) is 4.79 Å².